The van der Waals surface area contributed by atoms with Crippen LogP contribution in [0.1, 0.15) is 78.4 Å². The van der Waals surface area contributed by atoms with E-state index in [1.54, 1.807) is 22.7 Å². The maximum absolute atomic E-state index is 14.3. The normalized spacial score (nSPS) is 19.0. The summed E-state index contributed by atoms with van der Waals surface area (Å²) in [6.45, 7) is 4.20. The van der Waals surface area contributed by atoms with Crippen molar-refractivity contribution in [1.29, 1.82) is 0 Å². The van der Waals surface area contributed by atoms with Crippen LogP contribution >= 0.6 is 23.5 Å². The molecule has 372 valence electrons. The SMILES string of the molecule is CN(CCCC(=O)NCC#Cc1cn([C@H]2CC[C@@H](COP(=O)(O)OP(=O)(O)OP(=O)(O)O)O2)c2ncnc(N)c12)C(=O)c1ccccc1C1=C2C=CC(=[N+](C)C)C=C2C(C)(C)c2cc(N(C)C)ccc21. The highest BCUT2D eigenvalue weighted by atomic mass is 31.3. The van der Waals surface area contributed by atoms with Gasteiger partial charge in [-0.3, -0.25) is 14.1 Å². The van der Waals surface area contributed by atoms with Gasteiger partial charge in [-0.15, -0.1) is 0 Å². The van der Waals surface area contributed by atoms with E-state index < -0.39 is 42.4 Å². The van der Waals surface area contributed by atoms with Crippen molar-refractivity contribution in [3.8, 4) is 11.8 Å². The first-order chi connectivity index (χ1) is 32.9. The minimum Gasteiger partial charge on any atom is -0.383 e. The van der Waals surface area contributed by atoms with Crippen LogP contribution < -0.4 is 16.0 Å². The molecule has 0 radical (unpaired) electrons. The number of fused-ring (bicyclic) bond motifs is 3. The van der Waals surface area contributed by atoms with Gasteiger partial charge in [0.25, 0.3) is 5.91 Å². The summed E-state index contributed by atoms with van der Waals surface area (Å²) in [5.41, 5.74) is 15.7. The summed E-state index contributed by atoms with van der Waals surface area (Å²) < 4.78 is 56.8. The molecule has 7 N–H and O–H groups in total. The molecule has 0 spiro atoms. The van der Waals surface area contributed by atoms with Gasteiger partial charge in [-0.25, -0.2) is 28.2 Å². The maximum atomic E-state index is 14.3. The molecule has 2 amide bonds. The number of hydrogen-bond donors (Lipinski definition) is 6. The van der Waals surface area contributed by atoms with E-state index in [1.165, 1.54) is 17.5 Å². The van der Waals surface area contributed by atoms with Gasteiger partial charge in [0, 0.05) is 69.1 Å². The van der Waals surface area contributed by atoms with Gasteiger partial charge in [-0.2, -0.15) is 8.62 Å². The first kappa shape index (κ1) is 52.2. The Morgan fingerprint density at radius 3 is 2.46 bits per heavy atom. The van der Waals surface area contributed by atoms with Crippen molar-refractivity contribution >= 4 is 69.1 Å². The lowest BCUT2D eigenvalue weighted by molar-refractivity contribution is -0.462. The molecule has 0 saturated carbocycles. The molecule has 4 atom stereocenters. The lowest BCUT2D eigenvalue weighted by Crippen LogP contribution is -2.32. The Bertz CT molecular complexity index is 3090. The fraction of sp³-hybridized carbons (Fsp3) is 0.370. The van der Waals surface area contributed by atoms with Crippen molar-refractivity contribution in [3.63, 3.8) is 0 Å². The van der Waals surface area contributed by atoms with Gasteiger partial charge >= 0.3 is 23.5 Å². The molecule has 4 aromatic rings. The number of aromatic nitrogens is 3. The second kappa shape index (κ2) is 20.6. The molecule has 1 aliphatic heterocycles. The quantitative estimate of drug-likeness (QED) is 0.0464. The average Bonchev–Trinajstić information content (AvgIpc) is 3.91. The lowest BCUT2D eigenvalue weighted by Gasteiger charge is -2.39. The molecule has 1 fully saturated rings. The van der Waals surface area contributed by atoms with Gasteiger partial charge in [0.1, 0.15) is 38.1 Å². The highest BCUT2D eigenvalue weighted by molar-refractivity contribution is 7.66. The Balaban J connectivity index is 0.976. The number of phosphoric acid groups is 3. The number of anilines is 2. The maximum Gasteiger partial charge on any atom is 0.490 e. The van der Waals surface area contributed by atoms with Crippen LogP contribution in [0.4, 0.5) is 11.5 Å². The zero-order valence-corrected chi connectivity index (χ0v) is 42.3. The molecular formula is C46H56N8O13P3+. The molecule has 1 saturated heterocycles. The van der Waals surface area contributed by atoms with Crippen LogP contribution in [0, 0.1) is 11.8 Å². The number of phosphoric ester groups is 1. The monoisotopic (exact) mass is 1020 g/mol. The van der Waals surface area contributed by atoms with Crippen molar-refractivity contribution in [2.75, 3.05) is 65.6 Å². The summed E-state index contributed by atoms with van der Waals surface area (Å²) in [4.78, 5) is 76.2. The number of allylic oxidation sites excluding steroid dienone is 5. The molecule has 2 aliphatic carbocycles. The molecule has 7 rings (SSSR count). The van der Waals surface area contributed by atoms with E-state index >= 15 is 0 Å². The van der Waals surface area contributed by atoms with Crippen LogP contribution in [0.2, 0.25) is 0 Å². The third-order valence-electron chi connectivity index (χ3n) is 12.1. The number of nitrogen functional groups attached to an aromatic ring is 1. The summed E-state index contributed by atoms with van der Waals surface area (Å²) in [5, 5.41) is 3.22. The van der Waals surface area contributed by atoms with Gasteiger partial charge in [-0.05, 0) is 76.9 Å². The number of nitrogens with two attached hydrogens (primary N) is 1. The van der Waals surface area contributed by atoms with Crippen molar-refractivity contribution < 1.29 is 65.3 Å². The fourth-order valence-corrected chi connectivity index (χ4v) is 11.7. The average molecular weight is 1020 g/mol. The fourth-order valence-electron chi connectivity index (χ4n) is 8.63. The highest BCUT2D eigenvalue weighted by Gasteiger charge is 2.42. The van der Waals surface area contributed by atoms with Crippen molar-refractivity contribution in [2.24, 2.45) is 0 Å². The number of benzene rings is 2. The van der Waals surface area contributed by atoms with Crippen LogP contribution in [-0.2, 0) is 41.8 Å². The van der Waals surface area contributed by atoms with Crippen molar-refractivity contribution in [2.45, 2.75) is 57.3 Å². The predicted molar refractivity (Wildman–Crippen MR) is 262 cm³/mol. The number of ether oxygens (including phenoxy) is 1. The molecule has 21 nitrogen and oxygen atoms in total. The molecule has 2 aromatic heterocycles. The molecule has 3 heterocycles. The van der Waals surface area contributed by atoms with E-state index in [0.717, 1.165) is 33.7 Å². The highest BCUT2D eigenvalue weighted by Crippen LogP contribution is 2.66. The van der Waals surface area contributed by atoms with E-state index in [0.29, 0.717) is 41.5 Å². The zero-order valence-electron chi connectivity index (χ0n) is 39.6. The third kappa shape index (κ3) is 11.8. The molecule has 0 bridgehead atoms. The number of rotatable bonds is 16. The van der Waals surface area contributed by atoms with Crippen LogP contribution in [-0.4, -0.2) is 122 Å². The summed E-state index contributed by atoms with van der Waals surface area (Å²) in [7, 11) is -6.72. The van der Waals surface area contributed by atoms with Crippen LogP contribution in [0.5, 0.6) is 0 Å². The number of nitrogens with one attached hydrogen (secondary N) is 1. The molecule has 2 unspecified atom stereocenters. The van der Waals surface area contributed by atoms with Crippen LogP contribution in [0.25, 0.3) is 16.6 Å². The summed E-state index contributed by atoms with van der Waals surface area (Å²) in [6, 6.07) is 14.2. The Hall–Kier alpha value is -5.58. The summed E-state index contributed by atoms with van der Waals surface area (Å²) >= 11 is 0. The van der Waals surface area contributed by atoms with E-state index in [-0.39, 0.29) is 42.4 Å². The number of carbonyl (C=O) groups is 2. The van der Waals surface area contributed by atoms with Gasteiger partial charge in [-0.1, -0.05) is 50.0 Å². The lowest BCUT2D eigenvalue weighted by atomic mass is 9.64. The number of amides is 2. The minimum absolute atomic E-state index is 0.00567. The molecule has 3 aliphatic rings. The number of hydrogen-bond acceptors (Lipinski definition) is 13. The smallest absolute Gasteiger partial charge is 0.383 e. The zero-order chi connectivity index (χ0) is 50.9. The van der Waals surface area contributed by atoms with Gasteiger partial charge < -0.3 is 49.7 Å². The number of carbonyl (C=O) groups excluding carboxylic acids is 2. The standard InChI is InChI=1S/C46H55N8O13P3/c1-46(2)37-24-30(51(3)4)16-19-35(37)42(36-20-17-31(52(5)6)25-38(36)46)33-13-8-9-14-34(33)45(56)53(7)23-11-15-39(55)48-22-10-12-29-26-54(44-41(29)43(47)49-28-50-44)40-21-18-32(65-40)27-64-69(60,61)67-70(62,63)66-68(57,58)59/h8-9,13-14,16-17,19-20,24-26,28,32,40H,11,15,18,21-23,27H2,1-7H3,(H6-,47,48,49,50,55,57,58,59,60,61,62,63)/p+1/t32-,40+/m0/s1. The predicted octanol–water partition coefficient (Wildman–Crippen LogP) is 5.42. The van der Waals surface area contributed by atoms with E-state index in [2.05, 4.69) is 95.5 Å². The van der Waals surface area contributed by atoms with E-state index in [9.17, 15) is 33.1 Å². The first-order valence-corrected chi connectivity index (χ1v) is 26.5. The van der Waals surface area contributed by atoms with Gasteiger partial charge in [0.05, 0.1) is 30.2 Å². The Morgan fingerprint density at radius 2 is 1.74 bits per heavy atom. The third-order valence-corrected chi connectivity index (χ3v) is 15.9. The minimum atomic E-state index is -5.68. The van der Waals surface area contributed by atoms with Gasteiger partial charge in [0.2, 0.25) is 5.91 Å². The van der Waals surface area contributed by atoms with E-state index in [4.69, 9.17) is 24.8 Å². The van der Waals surface area contributed by atoms with Crippen molar-refractivity contribution in [1.82, 2.24) is 24.8 Å². The molecule has 2 aromatic carbocycles. The summed E-state index contributed by atoms with van der Waals surface area (Å²) in [5.74, 6) is 5.65. The Kier molecular flexibility index (Phi) is 15.4. The first-order valence-electron chi connectivity index (χ1n) is 22.0. The van der Waals surface area contributed by atoms with E-state index in [1.807, 2.05) is 52.5 Å². The molecular weight excluding hydrogens is 965 g/mol. The largest absolute Gasteiger partial charge is 0.490 e. The van der Waals surface area contributed by atoms with Crippen LogP contribution in [0.15, 0.2) is 84.4 Å². The van der Waals surface area contributed by atoms with Crippen LogP contribution in [0.3, 0.4) is 0 Å². The molecule has 24 heteroatoms. The van der Waals surface area contributed by atoms with Crippen molar-refractivity contribution in [3.05, 3.63) is 112 Å². The Labute approximate surface area is 404 Å². The topological polar surface area (TPSA) is 281 Å². The second-order valence-corrected chi connectivity index (χ2v) is 22.2. The Morgan fingerprint density at radius 1 is 1.00 bits per heavy atom. The number of nitrogens with zero attached hydrogens (tertiary/aromatic N) is 6. The second-order valence-electron chi connectivity index (χ2n) is 17.8. The van der Waals surface area contributed by atoms with Gasteiger partial charge in [0.15, 0.2) is 5.71 Å². The molecule has 70 heavy (non-hydrogen) atoms. The summed E-state index contributed by atoms with van der Waals surface area (Å²) in [6.07, 6.45) is 9.05.